The highest BCUT2D eigenvalue weighted by atomic mass is 16.5. The molecule has 0 aliphatic carbocycles. The number of esters is 1. The van der Waals surface area contributed by atoms with E-state index in [1.54, 1.807) is 18.2 Å². The van der Waals surface area contributed by atoms with Crippen LogP contribution in [0.2, 0.25) is 0 Å². The Kier molecular flexibility index (Phi) is 4.94. The van der Waals surface area contributed by atoms with Gasteiger partial charge in [0.15, 0.2) is 0 Å². The number of amidine groups is 1. The number of aromatic nitrogens is 2. The Morgan fingerprint density at radius 1 is 1.12 bits per heavy atom. The van der Waals surface area contributed by atoms with Crippen molar-refractivity contribution in [1.82, 2.24) is 9.97 Å². The third-order valence-corrected chi connectivity index (χ3v) is 3.87. The minimum absolute atomic E-state index is 0.0422. The quantitative estimate of drug-likeness (QED) is 0.285. The van der Waals surface area contributed by atoms with Gasteiger partial charge in [-0.3, -0.25) is 5.41 Å². The first-order valence-electron chi connectivity index (χ1n) is 7.93. The van der Waals surface area contributed by atoms with Crippen LogP contribution in [0.1, 0.15) is 11.1 Å². The largest absolute Gasteiger partial charge is 0.466 e. The zero-order valence-corrected chi connectivity index (χ0v) is 14.2. The number of nitrogens with two attached hydrogens (primary N) is 1. The van der Waals surface area contributed by atoms with E-state index in [0.29, 0.717) is 5.56 Å². The van der Waals surface area contributed by atoms with Crippen molar-refractivity contribution < 1.29 is 9.53 Å². The van der Waals surface area contributed by atoms with E-state index < -0.39 is 0 Å². The summed E-state index contributed by atoms with van der Waals surface area (Å²) < 4.78 is 4.57. The van der Waals surface area contributed by atoms with Crippen molar-refractivity contribution in [1.29, 1.82) is 5.41 Å². The molecule has 0 aliphatic heterocycles. The first-order chi connectivity index (χ1) is 12.6. The molecular formula is C20H18N4O2. The number of carbonyl (C=O) groups excluding carboxylic acids is 1. The number of aromatic amines is 1. The van der Waals surface area contributed by atoms with Crippen molar-refractivity contribution in [3.05, 3.63) is 71.9 Å². The van der Waals surface area contributed by atoms with Crippen LogP contribution < -0.4 is 5.73 Å². The van der Waals surface area contributed by atoms with Gasteiger partial charge in [0, 0.05) is 29.0 Å². The predicted octanol–water partition coefficient (Wildman–Crippen LogP) is 3.21. The van der Waals surface area contributed by atoms with Crippen molar-refractivity contribution >= 4 is 17.9 Å². The number of carbonyl (C=O) groups is 1. The van der Waals surface area contributed by atoms with Gasteiger partial charge in [0.1, 0.15) is 11.7 Å². The fraction of sp³-hybridized carbons (Fsp3) is 0.0500. The molecule has 0 bridgehead atoms. The second-order valence-corrected chi connectivity index (χ2v) is 5.60. The molecule has 0 unspecified atom stereocenters. The molecule has 0 atom stereocenters. The van der Waals surface area contributed by atoms with Crippen molar-refractivity contribution in [2.75, 3.05) is 7.11 Å². The molecular weight excluding hydrogens is 328 g/mol. The van der Waals surface area contributed by atoms with Gasteiger partial charge in [-0.1, -0.05) is 48.5 Å². The number of H-pyrrole nitrogens is 1. The van der Waals surface area contributed by atoms with E-state index in [1.165, 1.54) is 13.2 Å². The molecule has 0 amide bonds. The van der Waals surface area contributed by atoms with Crippen molar-refractivity contribution in [2.24, 2.45) is 5.73 Å². The average Bonchev–Trinajstić information content (AvgIpc) is 3.16. The molecule has 4 N–H and O–H groups in total. The van der Waals surface area contributed by atoms with Crippen LogP contribution in [0.25, 0.3) is 28.7 Å². The number of benzene rings is 2. The molecule has 6 nitrogen and oxygen atoms in total. The molecule has 3 aromatic rings. The van der Waals surface area contributed by atoms with Crippen molar-refractivity contribution in [2.45, 2.75) is 0 Å². The molecule has 6 heteroatoms. The smallest absolute Gasteiger partial charge is 0.330 e. The second kappa shape index (κ2) is 7.48. The lowest BCUT2D eigenvalue weighted by molar-refractivity contribution is -0.134. The summed E-state index contributed by atoms with van der Waals surface area (Å²) in [5.41, 5.74) is 9.73. The maximum absolute atomic E-state index is 11.1. The fourth-order valence-corrected chi connectivity index (χ4v) is 2.42. The Balaban J connectivity index is 1.78. The number of nitrogen functional groups attached to an aromatic ring is 1. The molecule has 1 heterocycles. The van der Waals surface area contributed by atoms with Gasteiger partial charge in [-0.15, -0.1) is 0 Å². The summed E-state index contributed by atoms with van der Waals surface area (Å²) in [5.74, 6) is 0.403. The fourth-order valence-electron chi connectivity index (χ4n) is 2.42. The third-order valence-electron chi connectivity index (χ3n) is 3.87. The molecule has 3 rings (SSSR count). The normalized spacial score (nSPS) is 10.8. The number of imidazole rings is 1. The van der Waals surface area contributed by atoms with Crippen LogP contribution in [-0.4, -0.2) is 28.9 Å². The lowest BCUT2D eigenvalue weighted by Crippen LogP contribution is -2.10. The van der Waals surface area contributed by atoms with Crippen LogP contribution in [-0.2, 0) is 9.53 Å². The molecule has 26 heavy (non-hydrogen) atoms. The number of nitrogens with zero attached hydrogens (tertiary/aromatic N) is 1. The number of hydrogen-bond donors (Lipinski definition) is 3. The van der Waals surface area contributed by atoms with Gasteiger partial charge in [0.25, 0.3) is 0 Å². The maximum atomic E-state index is 11.1. The second-order valence-electron chi connectivity index (χ2n) is 5.60. The summed E-state index contributed by atoms with van der Waals surface area (Å²) in [4.78, 5) is 18.9. The van der Waals surface area contributed by atoms with E-state index >= 15 is 0 Å². The van der Waals surface area contributed by atoms with Crippen molar-refractivity contribution in [3.63, 3.8) is 0 Å². The molecule has 2 aromatic carbocycles. The predicted molar refractivity (Wildman–Crippen MR) is 102 cm³/mol. The Morgan fingerprint density at radius 3 is 2.38 bits per heavy atom. The van der Waals surface area contributed by atoms with Gasteiger partial charge >= 0.3 is 5.97 Å². The first-order valence-corrected chi connectivity index (χ1v) is 7.93. The lowest BCUT2D eigenvalue weighted by Gasteiger charge is -2.00. The van der Waals surface area contributed by atoms with Crippen LogP contribution in [0.3, 0.4) is 0 Å². The minimum atomic E-state index is -0.388. The maximum Gasteiger partial charge on any atom is 0.330 e. The summed E-state index contributed by atoms with van der Waals surface area (Å²) in [5, 5.41) is 7.43. The summed E-state index contributed by atoms with van der Waals surface area (Å²) in [7, 11) is 1.35. The molecule has 0 radical (unpaired) electrons. The van der Waals surface area contributed by atoms with Crippen LogP contribution in [0, 0.1) is 5.41 Å². The van der Waals surface area contributed by atoms with Crippen LogP contribution in [0.5, 0.6) is 0 Å². The third kappa shape index (κ3) is 3.87. The van der Waals surface area contributed by atoms with Crippen LogP contribution in [0.15, 0.2) is 60.8 Å². The Morgan fingerprint density at radius 2 is 1.77 bits per heavy atom. The van der Waals surface area contributed by atoms with E-state index in [0.717, 1.165) is 28.2 Å². The molecule has 0 spiro atoms. The molecule has 0 aliphatic rings. The summed E-state index contributed by atoms with van der Waals surface area (Å²) in [6.45, 7) is 0. The highest BCUT2D eigenvalue weighted by Gasteiger charge is 2.07. The Hall–Kier alpha value is -3.67. The number of methoxy groups -OCH3 is 1. The number of nitrogens with one attached hydrogen (secondary N) is 2. The van der Waals surface area contributed by atoms with Gasteiger partial charge in [-0.2, -0.15) is 0 Å². The van der Waals surface area contributed by atoms with Gasteiger partial charge in [-0.25, -0.2) is 9.78 Å². The summed E-state index contributed by atoms with van der Waals surface area (Å²) in [6.07, 6.45) is 4.91. The Bertz CT molecular complexity index is 954. The monoisotopic (exact) mass is 346 g/mol. The molecule has 0 saturated carbocycles. The van der Waals surface area contributed by atoms with Gasteiger partial charge < -0.3 is 15.5 Å². The first kappa shape index (κ1) is 17.2. The van der Waals surface area contributed by atoms with Gasteiger partial charge in [-0.05, 0) is 11.6 Å². The van der Waals surface area contributed by atoms with Crippen molar-refractivity contribution in [3.8, 4) is 22.6 Å². The molecule has 0 saturated heterocycles. The molecule has 130 valence electrons. The zero-order chi connectivity index (χ0) is 18.5. The summed E-state index contributed by atoms with van der Waals surface area (Å²) >= 11 is 0. The van der Waals surface area contributed by atoms with E-state index in [9.17, 15) is 4.79 Å². The van der Waals surface area contributed by atoms with Gasteiger partial charge in [0.05, 0.1) is 12.8 Å². The topological polar surface area (TPSA) is 105 Å². The van der Waals surface area contributed by atoms with Crippen LogP contribution >= 0.6 is 0 Å². The van der Waals surface area contributed by atoms with Gasteiger partial charge in [0.2, 0.25) is 0 Å². The average molecular weight is 346 g/mol. The number of rotatable bonds is 5. The zero-order valence-electron chi connectivity index (χ0n) is 14.2. The molecule has 1 aromatic heterocycles. The highest BCUT2D eigenvalue weighted by Crippen LogP contribution is 2.23. The highest BCUT2D eigenvalue weighted by molar-refractivity contribution is 5.95. The molecule has 0 fully saturated rings. The number of ether oxygens (including phenoxy) is 1. The summed E-state index contributed by atoms with van der Waals surface area (Å²) in [6, 6.07) is 15.0. The van der Waals surface area contributed by atoms with E-state index in [4.69, 9.17) is 11.1 Å². The van der Waals surface area contributed by atoms with E-state index in [2.05, 4.69) is 14.7 Å². The SMILES string of the molecule is COC(=O)C=Cc1ccc(-c2nc(-c3ccc(C(=N)N)cc3)c[nH]2)cc1. The van der Waals surface area contributed by atoms with Crippen LogP contribution in [0.4, 0.5) is 0 Å². The Labute approximate surface area is 150 Å². The van der Waals surface area contributed by atoms with E-state index in [-0.39, 0.29) is 11.8 Å². The minimum Gasteiger partial charge on any atom is -0.466 e. The number of hydrogen-bond acceptors (Lipinski definition) is 4. The lowest BCUT2D eigenvalue weighted by atomic mass is 10.1. The standard InChI is InChI=1S/C20H18N4O2/c1-26-18(25)11-4-13-2-5-16(6-3-13)20-23-12-17(24-20)14-7-9-15(10-8-14)19(21)22/h2-12H,1H3,(H3,21,22)(H,23,24). The van der Waals surface area contributed by atoms with E-state index in [1.807, 2.05) is 42.6 Å².